The molecule has 0 aromatic carbocycles. The molecule has 1 aromatic rings. The second kappa shape index (κ2) is 8.11. The molecule has 130 valence electrons. The van der Waals surface area contributed by atoms with Gasteiger partial charge in [0, 0.05) is 47.2 Å². The van der Waals surface area contributed by atoms with Crippen molar-refractivity contribution in [1.82, 2.24) is 4.90 Å². The highest BCUT2D eigenvalue weighted by molar-refractivity contribution is 9.11. The third-order valence-electron chi connectivity index (χ3n) is 4.03. The van der Waals surface area contributed by atoms with Crippen molar-refractivity contribution in [3.05, 3.63) is 106 Å². The summed E-state index contributed by atoms with van der Waals surface area (Å²) in [6, 6.07) is 4.02. The van der Waals surface area contributed by atoms with E-state index in [-0.39, 0.29) is 5.78 Å². The molecule has 3 rings (SSSR count). The Labute approximate surface area is 162 Å². The van der Waals surface area contributed by atoms with E-state index in [0.717, 1.165) is 15.6 Å². The van der Waals surface area contributed by atoms with Crippen LogP contribution in [0.3, 0.4) is 0 Å². The SMILES string of the molecule is CN1C=CC(=CC=C2C=C(Br)C=C(C=Cc3cc[n+](C)cc3)C2=O)C=C1. The predicted molar refractivity (Wildman–Crippen MR) is 109 cm³/mol. The Morgan fingerprint density at radius 2 is 1.73 bits per heavy atom. The van der Waals surface area contributed by atoms with Gasteiger partial charge in [0.1, 0.15) is 7.05 Å². The van der Waals surface area contributed by atoms with E-state index < -0.39 is 0 Å². The van der Waals surface area contributed by atoms with Crippen molar-refractivity contribution in [3.63, 3.8) is 0 Å². The van der Waals surface area contributed by atoms with Crippen molar-refractivity contribution in [2.45, 2.75) is 0 Å². The van der Waals surface area contributed by atoms with Crippen LogP contribution in [0, 0.1) is 0 Å². The Hall–Kier alpha value is -2.72. The number of nitrogens with zero attached hydrogens (tertiary/aromatic N) is 2. The number of hydrogen-bond donors (Lipinski definition) is 0. The molecule has 0 unspecified atom stereocenters. The number of hydrogen-bond acceptors (Lipinski definition) is 2. The fourth-order valence-corrected chi connectivity index (χ4v) is 3.00. The smallest absolute Gasteiger partial charge is 0.193 e. The molecule has 2 heterocycles. The lowest BCUT2D eigenvalue weighted by Crippen LogP contribution is -2.25. The minimum Gasteiger partial charge on any atom is -0.357 e. The van der Waals surface area contributed by atoms with Crippen LogP contribution in [-0.2, 0) is 11.8 Å². The van der Waals surface area contributed by atoms with Crippen molar-refractivity contribution < 1.29 is 9.36 Å². The van der Waals surface area contributed by atoms with Gasteiger partial charge in [0.25, 0.3) is 0 Å². The molecule has 3 nitrogen and oxygen atoms in total. The molecule has 0 saturated heterocycles. The number of Topliss-reactive ketones (excluding diaryl/α,β-unsaturated/α-hetero) is 1. The fraction of sp³-hybridized carbons (Fsp3) is 0.0909. The normalized spacial score (nSPS) is 18.6. The van der Waals surface area contributed by atoms with E-state index in [1.54, 1.807) is 0 Å². The zero-order valence-corrected chi connectivity index (χ0v) is 16.3. The Kier molecular flexibility index (Phi) is 5.64. The maximum absolute atomic E-state index is 12.7. The van der Waals surface area contributed by atoms with E-state index >= 15 is 0 Å². The molecule has 0 bridgehead atoms. The molecule has 0 amide bonds. The molecule has 1 aliphatic heterocycles. The van der Waals surface area contributed by atoms with Crippen LogP contribution in [0.2, 0.25) is 0 Å². The standard InChI is InChI=1S/C22H20BrN2O/c1-24-11-7-17(8-12-24)3-5-19-15-21(23)16-20(22(19)26)6-4-18-9-13-25(2)14-10-18/h3-16H,1-2H3/q+1. The first kappa shape index (κ1) is 18.1. The minimum absolute atomic E-state index is 0.0173. The zero-order chi connectivity index (χ0) is 18.5. The van der Waals surface area contributed by atoms with Crippen molar-refractivity contribution in [2.75, 3.05) is 7.05 Å². The topological polar surface area (TPSA) is 24.2 Å². The summed E-state index contributed by atoms with van der Waals surface area (Å²) in [5, 5.41) is 0. The number of ketones is 1. The number of carbonyl (C=O) groups is 1. The van der Waals surface area contributed by atoms with E-state index in [1.165, 1.54) is 0 Å². The van der Waals surface area contributed by atoms with Gasteiger partial charge < -0.3 is 4.90 Å². The summed E-state index contributed by atoms with van der Waals surface area (Å²) in [7, 11) is 3.95. The summed E-state index contributed by atoms with van der Waals surface area (Å²) in [4.78, 5) is 14.7. The molecule has 2 aliphatic rings. The maximum atomic E-state index is 12.7. The number of aryl methyl sites for hydroxylation is 1. The average Bonchev–Trinajstić information content (AvgIpc) is 2.63. The molecular formula is C22H20BrN2O+. The Balaban J connectivity index is 1.80. The fourth-order valence-electron chi connectivity index (χ4n) is 2.50. The zero-order valence-electron chi connectivity index (χ0n) is 14.8. The summed E-state index contributed by atoms with van der Waals surface area (Å²) in [6.07, 6.45) is 23.3. The van der Waals surface area contributed by atoms with Gasteiger partial charge in [-0.2, -0.15) is 0 Å². The van der Waals surface area contributed by atoms with Crippen LogP contribution < -0.4 is 4.57 Å². The summed E-state index contributed by atoms with van der Waals surface area (Å²) in [6.45, 7) is 0. The van der Waals surface area contributed by atoms with Gasteiger partial charge in [0.2, 0.25) is 0 Å². The van der Waals surface area contributed by atoms with E-state index in [4.69, 9.17) is 0 Å². The molecule has 4 heteroatoms. The van der Waals surface area contributed by atoms with E-state index in [9.17, 15) is 4.79 Å². The van der Waals surface area contributed by atoms with E-state index in [0.29, 0.717) is 11.1 Å². The molecule has 1 aromatic heterocycles. The van der Waals surface area contributed by atoms with Gasteiger partial charge in [0.15, 0.2) is 18.2 Å². The lowest BCUT2D eigenvalue weighted by molar-refractivity contribution is -0.671. The highest BCUT2D eigenvalue weighted by atomic mass is 79.9. The van der Waals surface area contributed by atoms with Crippen LogP contribution in [0.4, 0.5) is 0 Å². The molecule has 0 saturated carbocycles. The highest BCUT2D eigenvalue weighted by Crippen LogP contribution is 2.24. The number of aromatic nitrogens is 1. The van der Waals surface area contributed by atoms with Crippen molar-refractivity contribution in [3.8, 4) is 0 Å². The van der Waals surface area contributed by atoms with Gasteiger partial charge in [-0.25, -0.2) is 4.57 Å². The Bertz CT molecular complexity index is 909. The van der Waals surface area contributed by atoms with Crippen molar-refractivity contribution in [2.24, 2.45) is 7.05 Å². The summed E-state index contributed by atoms with van der Waals surface area (Å²) in [5.41, 5.74) is 3.42. The first-order valence-corrected chi connectivity index (χ1v) is 9.08. The van der Waals surface area contributed by atoms with Gasteiger partial charge in [-0.1, -0.05) is 40.2 Å². The van der Waals surface area contributed by atoms with E-state index in [1.807, 2.05) is 109 Å². The minimum atomic E-state index is 0.0173. The molecule has 26 heavy (non-hydrogen) atoms. The molecule has 1 aliphatic carbocycles. The molecule has 0 atom stereocenters. The number of allylic oxidation sites excluding steroid dienone is 11. The highest BCUT2D eigenvalue weighted by Gasteiger charge is 2.16. The third kappa shape index (κ3) is 4.67. The summed E-state index contributed by atoms with van der Waals surface area (Å²) < 4.78 is 2.86. The van der Waals surface area contributed by atoms with Crippen LogP contribution in [0.5, 0.6) is 0 Å². The Morgan fingerprint density at radius 3 is 2.42 bits per heavy atom. The van der Waals surface area contributed by atoms with Gasteiger partial charge in [-0.3, -0.25) is 4.79 Å². The molecule has 0 fully saturated rings. The van der Waals surface area contributed by atoms with Crippen LogP contribution in [0.25, 0.3) is 6.08 Å². The van der Waals surface area contributed by atoms with Crippen molar-refractivity contribution in [1.29, 1.82) is 0 Å². The monoisotopic (exact) mass is 407 g/mol. The third-order valence-corrected chi connectivity index (χ3v) is 4.49. The molecule has 0 radical (unpaired) electrons. The van der Waals surface area contributed by atoms with Gasteiger partial charge in [0.05, 0.1) is 0 Å². The van der Waals surface area contributed by atoms with Crippen LogP contribution in [-0.4, -0.2) is 17.7 Å². The van der Waals surface area contributed by atoms with Gasteiger partial charge >= 0.3 is 0 Å². The maximum Gasteiger partial charge on any atom is 0.193 e. The van der Waals surface area contributed by atoms with Crippen LogP contribution >= 0.6 is 15.9 Å². The second-order valence-corrected chi connectivity index (χ2v) is 7.09. The van der Waals surface area contributed by atoms with Crippen LogP contribution in [0.1, 0.15) is 5.56 Å². The lowest BCUT2D eigenvalue weighted by atomic mass is 9.96. The Morgan fingerprint density at radius 1 is 1.04 bits per heavy atom. The van der Waals surface area contributed by atoms with E-state index in [2.05, 4.69) is 15.9 Å². The second-order valence-electron chi connectivity index (χ2n) is 6.17. The van der Waals surface area contributed by atoms with Crippen molar-refractivity contribution >= 4 is 27.8 Å². The van der Waals surface area contributed by atoms with Gasteiger partial charge in [-0.15, -0.1) is 0 Å². The average molecular weight is 408 g/mol. The lowest BCUT2D eigenvalue weighted by Gasteiger charge is -2.12. The number of pyridine rings is 1. The van der Waals surface area contributed by atoms with Gasteiger partial charge in [-0.05, 0) is 35.4 Å². The number of carbonyl (C=O) groups excluding carboxylic acids is 1. The molecular weight excluding hydrogens is 388 g/mol. The first-order chi connectivity index (χ1) is 12.5. The first-order valence-electron chi connectivity index (χ1n) is 8.28. The largest absolute Gasteiger partial charge is 0.357 e. The summed E-state index contributed by atoms with van der Waals surface area (Å²) >= 11 is 3.51. The predicted octanol–water partition coefficient (Wildman–Crippen LogP) is 4.14. The number of rotatable bonds is 3. The summed E-state index contributed by atoms with van der Waals surface area (Å²) in [5.74, 6) is 0.0173. The van der Waals surface area contributed by atoms with Crippen LogP contribution in [0.15, 0.2) is 101 Å². The number of halogens is 1. The molecule has 0 spiro atoms. The molecule has 0 N–H and O–H groups in total. The quantitative estimate of drug-likeness (QED) is 0.555.